The van der Waals surface area contributed by atoms with Gasteiger partial charge in [-0.1, -0.05) is 48.2 Å². The van der Waals surface area contributed by atoms with Gasteiger partial charge in [0.05, 0.1) is 24.5 Å². The number of ether oxygens (including phenoxy) is 1. The number of thiazole rings is 1. The number of aliphatic carboxylic acids is 1. The van der Waals surface area contributed by atoms with Crippen LogP contribution in [0.5, 0.6) is 0 Å². The lowest BCUT2D eigenvalue weighted by atomic mass is 10.0. The predicted molar refractivity (Wildman–Crippen MR) is 115 cm³/mol. The Morgan fingerprint density at radius 1 is 1.03 bits per heavy atom. The van der Waals surface area contributed by atoms with Crippen molar-refractivity contribution < 1.29 is 27.8 Å². The largest absolute Gasteiger partial charge is 0.480 e. The Bertz CT molecular complexity index is 1030. The Hall–Kier alpha value is -2.36. The molecule has 0 bridgehead atoms. The van der Waals surface area contributed by atoms with Gasteiger partial charge in [-0.3, -0.25) is 4.79 Å². The highest BCUT2D eigenvalue weighted by atomic mass is 32.2. The van der Waals surface area contributed by atoms with Crippen molar-refractivity contribution in [3.8, 4) is 11.1 Å². The fraction of sp³-hybridized carbons (Fsp3) is 0.273. The zero-order chi connectivity index (χ0) is 22.6. The number of rotatable bonds is 8. The molecule has 0 atom stereocenters. The third-order valence-corrected chi connectivity index (χ3v) is 6.58. The highest BCUT2D eigenvalue weighted by molar-refractivity contribution is 8.02. The van der Waals surface area contributed by atoms with Crippen LogP contribution in [0.3, 0.4) is 0 Å². The monoisotopic (exact) mass is 467 g/mol. The van der Waals surface area contributed by atoms with Gasteiger partial charge in [0, 0.05) is 5.38 Å². The highest BCUT2D eigenvalue weighted by Crippen LogP contribution is 2.35. The summed E-state index contributed by atoms with van der Waals surface area (Å²) in [6.45, 7) is 3.91. The van der Waals surface area contributed by atoms with Crippen molar-refractivity contribution in [3.63, 3.8) is 0 Å². The zero-order valence-corrected chi connectivity index (χ0v) is 18.4. The van der Waals surface area contributed by atoms with Crippen molar-refractivity contribution >= 4 is 29.1 Å². The van der Waals surface area contributed by atoms with Crippen LogP contribution in [0.25, 0.3) is 11.1 Å². The average molecular weight is 468 g/mol. The fourth-order valence-electron chi connectivity index (χ4n) is 2.58. The summed E-state index contributed by atoms with van der Waals surface area (Å²) in [7, 11) is 0. The Morgan fingerprint density at radius 3 is 2.16 bits per heavy atom. The van der Waals surface area contributed by atoms with Crippen LogP contribution in [-0.2, 0) is 28.9 Å². The van der Waals surface area contributed by atoms with E-state index in [2.05, 4.69) is 4.98 Å². The second-order valence-corrected chi connectivity index (χ2v) is 10.0. The number of carbonyl (C=O) groups is 1. The number of benzene rings is 2. The smallest absolute Gasteiger partial charge is 0.416 e. The second-order valence-electron chi connectivity index (χ2n) is 7.29. The number of halogens is 3. The third kappa shape index (κ3) is 6.32. The topological polar surface area (TPSA) is 59.4 Å². The molecule has 9 heteroatoms. The normalized spacial score (nSPS) is 12.2. The van der Waals surface area contributed by atoms with Crippen molar-refractivity contribution in [1.82, 2.24) is 4.98 Å². The van der Waals surface area contributed by atoms with Gasteiger partial charge < -0.3 is 9.84 Å². The van der Waals surface area contributed by atoms with Gasteiger partial charge in [0.15, 0.2) is 4.34 Å². The third-order valence-electron chi connectivity index (χ3n) is 4.41. The first kappa shape index (κ1) is 23.3. The highest BCUT2D eigenvalue weighted by Gasteiger charge is 2.30. The maximum atomic E-state index is 12.7. The Kier molecular flexibility index (Phi) is 7.08. The summed E-state index contributed by atoms with van der Waals surface area (Å²) in [5.41, 5.74) is 2.51. The summed E-state index contributed by atoms with van der Waals surface area (Å²) >= 11 is 2.58. The Morgan fingerprint density at radius 2 is 1.61 bits per heavy atom. The molecule has 3 aromatic rings. The molecule has 1 N–H and O–H groups in total. The predicted octanol–water partition coefficient (Wildman–Crippen LogP) is 6.50. The minimum atomic E-state index is -4.34. The van der Waals surface area contributed by atoms with Gasteiger partial charge in [0.1, 0.15) is 4.75 Å². The van der Waals surface area contributed by atoms with Crippen LogP contribution in [0.15, 0.2) is 58.3 Å². The molecule has 0 fully saturated rings. The number of carboxylic acid groups (broad SMARTS) is 1. The molecule has 0 radical (unpaired) electrons. The number of carboxylic acids is 1. The van der Waals surface area contributed by atoms with Crippen LogP contribution >= 0.6 is 23.1 Å². The summed E-state index contributed by atoms with van der Waals surface area (Å²) in [4.78, 5) is 15.6. The molecule has 0 aliphatic rings. The van der Waals surface area contributed by atoms with Crippen molar-refractivity contribution in [2.75, 3.05) is 0 Å². The van der Waals surface area contributed by atoms with E-state index < -0.39 is 22.5 Å². The van der Waals surface area contributed by atoms with Crippen LogP contribution in [0.2, 0.25) is 0 Å². The minimum Gasteiger partial charge on any atom is -0.480 e. The number of aromatic nitrogens is 1. The van der Waals surface area contributed by atoms with E-state index in [-0.39, 0.29) is 0 Å². The number of hydrogen-bond donors (Lipinski definition) is 1. The summed E-state index contributed by atoms with van der Waals surface area (Å²) in [6, 6.07) is 12.5. The van der Waals surface area contributed by atoms with Crippen molar-refractivity contribution in [2.24, 2.45) is 0 Å². The molecule has 1 heterocycles. The number of alkyl halides is 3. The quantitative estimate of drug-likeness (QED) is 0.383. The van der Waals surface area contributed by atoms with Crippen LogP contribution in [-0.4, -0.2) is 20.8 Å². The molecule has 0 amide bonds. The summed E-state index contributed by atoms with van der Waals surface area (Å²) in [5.74, 6) is -0.898. The van der Waals surface area contributed by atoms with Crippen molar-refractivity contribution in [2.45, 2.75) is 42.3 Å². The molecule has 0 aliphatic carbocycles. The molecule has 0 aliphatic heterocycles. The molecule has 164 valence electrons. The first-order valence-corrected chi connectivity index (χ1v) is 11.0. The first-order valence-electron chi connectivity index (χ1n) is 9.26. The number of hydrogen-bond acceptors (Lipinski definition) is 5. The zero-order valence-electron chi connectivity index (χ0n) is 16.8. The van der Waals surface area contributed by atoms with Gasteiger partial charge in [-0.05, 0) is 42.7 Å². The molecular weight excluding hydrogens is 447 g/mol. The lowest BCUT2D eigenvalue weighted by Crippen LogP contribution is -2.26. The SMILES string of the molecule is CC(C)(Sc1nc(COCc2ccc(-c3ccc(C(F)(F)F)cc3)cc2)cs1)C(=O)O. The minimum absolute atomic E-state index is 0.297. The van der Waals surface area contributed by atoms with E-state index in [1.165, 1.54) is 35.2 Å². The van der Waals surface area contributed by atoms with Gasteiger partial charge >= 0.3 is 12.1 Å². The average Bonchev–Trinajstić information content (AvgIpc) is 3.14. The van der Waals surface area contributed by atoms with Crippen LogP contribution in [0, 0.1) is 0 Å². The molecule has 2 aromatic carbocycles. The molecular formula is C22H20F3NO3S2. The Labute approximate surface area is 186 Å². The molecule has 0 saturated carbocycles. The molecule has 0 spiro atoms. The maximum Gasteiger partial charge on any atom is 0.416 e. The van der Waals surface area contributed by atoms with Gasteiger partial charge in [0.2, 0.25) is 0 Å². The van der Waals surface area contributed by atoms with Crippen LogP contribution in [0.1, 0.15) is 30.7 Å². The van der Waals surface area contributed by atoms with E-state index >= 15 is 0 Å². The van der Waals surface area contributed by atoms with E-state index in [0.29, 0.717) is 23.1 Å². The van der Waals surface area contributed by atoms with Crippen molar-refractivity contribution in [3.05, 3.63) is 70.7 Å². The summed E-state index contributed by atoms with van der Waals surface area (Å²) < 4.78 is 43.4. The van der Waals surface area contributed by atoms with Crippen molar-refractivity contribution in [1.29, 1.82) is 0 Å². The number of thioether (sulfide) groups is 1. The second kappa shape index (κ2) is 9.42. The van der Waals surface area contributed by atoms with E-state index in [0.717, 1.165) is 29.0 Å². The molecule has 31 heavy (non-hydrogen) atoms. The molecule has 0 unspecified atom stereocenters. The standard InChI is InChI=1S/C22H20F3NO3S2/c1-21(2,19(27)28)31-20-26-18(13-30-20)12-29-11-14-3-5-15(6-4-14)16-7-9-17(10-8-16)22(23,24)25/h3-10,13H,11-12H2,1-2H3,(H,27,28). The Balaban J connectivity index is 1.53. The van der Waals surface area contributed by atoms with Gasteiger partial charge in [-0.2, -0.15) is 13.2 Å². The molecule has 4 nitrogen and oxygen atoms in total. The lowest BCUT2D eigenvalue weighted by molar-refractivity contribution is -0.139. The van der Waals surface area contributed by atoms with Crippen LogP contribution < -0.4 is 0 Å². The fourth-order valence-corrected chi connectivity index (χ4v) is 4.76. The van der Waals surface area contributed by atoms with Gasteiger partial charge in [-0.15, -0.1) is 11.3 Å². The first-order chi connectivity index (χ1) is 14.5. The van der Waals surface area contributed by atoms with E-state index in [9.17, 15) is 23.1 Å². The van der Waals surface area contributed by atoms with E-state index in [1.807, 2.05) is 29.6 Å². The summed E-state index contributed by atoms with van der Waals surface area (Å²) in [5, 5.41) is 11.0. The number of nitrogens with zero attached hydrogens (tertiary/aromatic N) is 1. The van der Waals surface area contributed by atoms with Gasteiger partial charge in [0.25, 0.3) is 0 Å². The molecule has 3 rings (SSSR count). The maximum absolute atomic E-state index is 12.7. The lowest BCUT2D eigenvalue weighted by Gasteiger charge is -2.15. The van der Waals surface area contributed by atoms with Gasteiger partial charge in [-0.25, -0.2) is 4.98 Å². The molecule has 1 aromatic heterocycles. The van der Waals surface area contributed by atoms with Crippen LogP contribution in [0.4, 0.5) is 13.2 Å². The molecule has 0 saturated heterocycles. The van der Waals surface area contributed by atoms with E-state index in [4.69, 9.17) is 4.74 Å². The summed E-state index contributed by atoms with van der Waals surface area (Å²) in [6.07, 6.45) is -4.34. The van der Waals surface area contributed by atoms with E-state index in [1.54, 1.807) is 13.8 Å².